The quantitative estimate of drug-likeness (QED) is 0.480. The molecule has 1 aromatic carbocycles. The molecule has 0 saturated heterocycles. The van der Waals surface area contributed by atoms with Gasteiger partial charge in [0.1, 0.15) is 0 Å². The third kappa shape index (κ3) is 4.09. The minimum absolute atomic E-state index is 0.0562. The number of rotatable bonds is 9. The first-order chi connectivity index (χ1) is 12.1. The summed E-state index contributed by atoms with van der Waals surface area (Å²) in [4.78, 5) is 13.0. The van der Waals surface area contributed by atoms with Gasteiger partial charge in [-0.15, -0.1) is 0 Å². The van der Waals surface area contributed by atoms with Crippen LogP contribution in [0.25, 0.3) is 0 Å². The van der Waals surface area contributed by atoms with E-state index in [2.05, 4.69) is 5.16 Å². The number of aromatic nitrogens is 1. The van der Waals surface area contributed by atoms with Crippen LogP contribution < -0.4 is 0 Å². The maximum absolute atomic E-state index is 13.0. The van der Waals surface area contributed by atoms with Gasteiger partial charge in [0, 0.05) is 11.5 Å². The maximum Gasteiger partial charge on any atom is 0.335 e. The number of carbonyl (C=O) groups is 1. The van der Waals surface area contributed by atoms with Crippen LogP contribution in [0.2, 0.25) is 0 Å². The van der Waals surface area contributed by atoms with Gasteiger partial charge in [-0.2, -0.15) is 0 Å². The third-order valence-corrected chi connectivity index (χ3v) is 6.10. The Morgan fingerprint density at radius 3 is 2.52 bits per heavy atom. The number of nitrogens with zero attached hydrogens (tertiary/aromatic N) is 1. The van der Waals surface area contributed by atoms with Gasteiger partial charge in [-0.25, -0.2) is 0 Å². The average Bonchev–Trinajstić information content (AvgIpc) is 3.32. The van der Waals surface area contributed by atoms with E-state index >= 15 is 0 Å². The molecule has 25 heavy (non-hydrogen) atoms. The zero-order chi connectivity index (χ0) is 17.9. The molecule has 0 spiro atoms. The minimum atomic E-state index is -3.29. The predicted octanol–water partition coefficient (Wildman–Crippen LogP) is 4.55. The van der Waals surface area contributed by atoms with E-state index in [-0.39, 0.29) is 31.1 Å². The second-order valence-electron chi connectivity index (χ2n) is 5.97. The molecule has 0 amide bonds. The van der Waals surface area contributed by atoms with Crippen LogP contribution in [0.4, 0.5) is 0 Å². The van der Waals surface area contributed by atoms with Gasteiger partial charge in [-0.3, -0.25) is 9.36 Å². The molecular weight excluding hydrogens is 341 g/mol. The summed E-state index contributed by atoms with van der Waals surface area (Å²) in [6, 6.07) is 7.10. The first-order valence-electron chi connectivity index (χ1n) is 8.53. The topological polar surface area (TPSA) is 78.6 Å². The molecule has 1 aromatic heterocycles. The summed E-state index contributed by atoms with van der Waals surface area (Å²) in [5.74, 6) is 0.766. The van der Waals surface area contributed by atoms with Crippen LogP contribution in [0.1, 0.15) is 59.9 Å². The predicted molar refractivity (Wildman–Crippen MR) is 92.9 cm³/mol. The fourth-order valence-electron chi connectivity index (χ4n) is 2.81. The lowest BCUT2D eigenvalue weighted by Crippen LogP contribution is -2.08. The normalized spacial score (nSPS) is 14.6. The van der Waals surface area contributed by atoms with Crippen LogP contribution in [0.3, 0.4) is 0 Å². The van der Waals surface area contributed by atoms with Gasteiger partial charge in [0.25, 0.3) is 0 Å². The van der Waals surface area contributed by atoms with Crippen LogP contribution in [0.15, 0.2) is 35.0 Å². The van der Waals surface area contributed by atoms with Gasteiger partial charge in [-0.1, -0.05) is 29.4 Å². The molecule has 0 bridgehead atoms. The van der Waals surface area contributed by atoms with E-state index in [4.69, 9.17) is 13.6 Å². The van der Waals surface area contributed by atoms with E-state index in [9.17, 15) is 9.36 Å². The smallest absolute Gasteiger partial charge is 0.335 e. The largest absolute Gasteiger partial charge is 0.360 e. The van der Waals surface area contributed by atoms with Crippen LogP contribution in [0, 0.1) is 0 Å². The molecule has 0 aliphatic heterocycles. The van der Waals surface area contributed by atoms with Crippen LogP contribution >= 0.6 is 7.60 Å². The molecule has 2 aromatic rings. The summed E-state index contributed by atoms with van der Waals surface area (Å²) in [5, 5.41) is 3.79. The summed E-state index contributed by atoms with van der Waals surface area (Å²) in [6.07, 6.45) is 3.56. The molecule has 3 rings (SSSR count). The molecule has 1 fully saturated rings. The molecule has 7 heteroatoms. The molecule has 1 saturated carbocycles. The third-order valence-electron chi connectivity index (χ3n) is 4.07. The highest BCUT2D eigenvalue weighted by Crippen LogP contribution is 2.52. The molecule has 1 aliphatic carbocycles. The summed E-state index contributed by atoms with van der Waals surface area (Å²) >= 11 is 0. The fraction of sp³-hybridized carbons (Fsp3) is 0.444. The lowest BCUT2D eigenvalue weighted by Gasteiger charge is -2.18. The van der Waals surface area contributed by atoms with E-state index in [1.165, 1.54) is 6.20 Å². The minimum Gasteiger partial charge on any atom is -0.360 e. The van der Waals surface area contributed by atoms with Crippen molar-refractivity contribution >= 4 is 13.4 Å². The summed E-state index contributed by atoms with van der Waals surface area (Å²) < 4.78 is 28.8. The second-order valence-corrected chi connectivity index (χ2v) is 8.02. The number of benzene rings is 1. The summed E-state index contributed by atoms with van der Waals surface area (Å²) in [7, 11) is -3.29. The van der Waals surface area contributed by atoms with Gasteiger partial charge in [-0.05, 0) is 32.3 Å². The Balaban J connectivity index is 1.91. The number of ketones is 1. The van der Waals surface area contributed by atoms with Crippen molar-refractivity contribution in [2.24, 2.45) is 0 Å². The number of hydrogen-bond donors (Lipinski definition) is 0. The van der Waals surface area contributed by atoms with E-state index in [0.29, 0.717) is 22.5 Å². The van der Waals surface area contributed by atoms with Gasteiger partial charge in [0.15, 0.2) is 11.5 Å². The summed E-state index contributed by atoms with van der Waals surface area (Å²) in [5.41, 5.74) is 1.60. The Kier molecular flexibility index (Phi) is 5.52. The first-order valence-corrected chi connectivity index (χ1v) is 10.3. The highest BCUT2D eigenvalue weighted by molar-refractivity contribution is 7.53. The van der Waals surface area contributed by atoms with Crippen molar-refractivity contribution in [2.75, 3.05) is 13.2 Å². The molecular formula is C18H22NO5P. The van der Waals surface area contributed by atoms with Crippen molar-refractivity contribution in [3.05, 3.63) is 52.9 Å². The maximum atomic E-state index is 13.0. The highest BCUT2D eigenvalue weighted by Gasteiger charge is 2.34. The standard InChI is InChI=1S/C18H22NO5P/c1-3-22-25(21,23-4-2)12-14-7-5-6-8-15(14)17(20)16-11-19-24-18(16)13-9-10-13/h5-8,11,13H,3-4,9-10,12H2,1-2H3. The van der Waals surface area contributed by atoms with Gasteiger partial charge in [0.2, 0.25) is 0 Å². The molecule has 0 unspecified atom stereocenters. The van der Waals surface area contributed by atoms with Crippen molar-refractivity contribution < 1.29 is 22.9 Å². The van der Waals surface area contributed by atoms with E-state index < -0.39 is 7.60 Å². The van der Waals surface area contributed by atoms with E-state index in [1.54, 1.807) is 32.0 Å². The van der Waals surface area contributed by atoms with Crippen LogP contribution in [-0.4, -0.2) is 24.2 Å². The van der Waals surface area contributed by atoms with Crippen molar-refractivity contribution in [2.45, 2.75) is 38.8 Å². The highest BCUT2D eigenvalue weighted by atomic mass is 31.2. The Hall–Kier alpha value is -1.75. The lowest BCUT2D eigenvalue weighted by atomic mass is 9.99. The van der Waals surface area contributed by atoms with E-state index in [1.807, 2.05) is 6.07 Å². The van der Waals surface area contributed by atoms with Crippen LogP contribution in [-0.2, 0) is 19.8 Å². The lowest BCUT2D eigenvalue weighted by molar-refractivity contribution is 0.103. The number of hydrogen-bond acceptors (Lipinski definition) is 6. The molecule has 0 atom stereocenters. The zero-order valence-electron chi connectivity index (χ0n) is 14.4. The monoisotopic (exact) mass is 363 g/mol. The Morgan fingerprint density at radius 1 is 1.20 bits per heavy atom. The Morgan fingerprint density at radius 2 is 1.88 bits per heavy atom. The van der Waals surface area contributed by atoms with Crippen molar-refractivity contribution in [1.82, 2.24) is 5.16 Å². The molecule has 0 N–H and O–H groups in total. The first kappa shape index (κ1) is 18.1. The zero-order valence-corrected chi connectivity index (χ0v) is 15.3. The summed E-state index contributed by atoms with van der Waals surface area (Å²) in [6.45, 7) is 4.10. The van der Waals surface area contributed by atoms with Crippen molar-refractivity contribution in [3.63, 3.8) is 0 Å². The van der Waals surface area contributed by atoms with Gasteiger partial charge < -0.3 is 13.6 Å². The molecule has 6 nitrogen and oxygen atoms in total. The second kappa shape index (κ2) is 7.65. The Bertz CT molecular complexity index is 786. The van der Waals surface area contributed by atoms with Crippen LogP contribution in [0.5, 0.6) is 0 Å². The van der Waals surface area contributed by atoms with Crippen molar-refractivity contribution in [1.29, 1.82) is 0 Å². The van der Waals surface area contributed by atoms with Gasteiger partial charge in [0.05, 0.1) is 31.1 Å². The number of carbonyl (C=O) groups excluding carboxylic acids is 1. The Labute approximate surface area is 147 Å². The fourth-order valence-corrected chi connectivity index (χ4v) is 4.55. The average molecular weight is 363 g/mol. The molecule has 1 heterocycles. The van der Waals surface area contributed by atoms with E-state index in [0.717, 1.165) is 12.8 Å². The van der Waals surface area contributed by atoms with Crippen molar-refractivity contribution in [3.8, 4) is 0 Å². The molecule has 1 aliphatic rings. The van der Waals surface area contributed by atoms with Gasteiger partial charge >= 0.3 is 7.60 Å². The molecule has 134 valence electrons. The molecule has 0 radical (unpaired) electrons. The SMILES string of the molecule is CCOP(=O)(Cc1ccccc1C(=O)c1cnoc1C1CC1)OCC.